The van der Waals surface area contributed by atoms with E-state index in [9.17, 15) is 19.7 Å². The van der Waals surface area contributed by atoms with Crippen molar-refractivity contribution >= 4 is 28.2 Å². The monoisotopic (exact) mass is 488 g/mol. The Kier molecular flexibility index (Phi) is 6.06. The van der Waals surface area contributed by atoms with Gasteiger partial charge in [-0.25, -0.2) is 4.68 Å². The van der Waals surface area contributed by atoms with Crippen LogP contribution < -0.4 is 0 Å². The van der Waals surface area contributed by atoms with Gasteiger partial charge < -0.3 is 9.80 Å². The smallest absolute Gasteiger partial charge is 0.324 e. The van der Waals surface area contributed by atoms with Gasteiger partial charge in [0.2, 0.25) is 0 Å². The second kappa shape index (κ2) is 9.47. The summed E-state index contributed by atoms with van der Waals surface area (Å²) < 4.78 is 1.68. The molecular weight excluding hydrogens is 468 g/mol. The number of rotatable bonds is 5. The fourth-order valence-electron chi connectivity index (χ4n) is 3.94. The van der Waals surface area contributed by atoms with E-state index in [0.29, 0.717) is 42.3 Å². The van der Waals surface area contributed by atoms with Gasteiger partial charge in [0, 0.05) is 56.4 Å². The zero-order valence-corrected chi connectivity index (χ0v) is 19.3. The van der Waals surface area contributed by atoms with Crippen molar-refractivity contribution in [1.82, 2.24) is 24.6 Å². The third-order valence-electron chi connectivity index (χ3n) is 5.74. The number of carbonyl (C=O) groups excluding carboxylic acids is 2. The molecule has 0 aliphatic carbocycles. The minimum absolute atomic E-state index is 0.0690. The van der Waals surface area contributed by atoms with Gasteiger partial charge in [0.25, 0.3) is 11.8 Å². The van der Waals surface area contributed by atoms with E-state index in [1.807, 2.05) is 36.4 Å². The van der Waals surface area contributed by atoms with Crippen LogP contribution in [-0.4, -0.2) is 67.5 Å². The van der Waals surface area contributed by atoms with Crippen LogP contribution in [0.1, 0.15) is 20.0 Å². The number of nitro groups is 1. The number of nitrogens with zero attached hydrogens (tertiary/aromatic N) is 6. The zero-order chi connectivity index (χ0) is 24.4. The third kappa shape index (κ3) is 4.53. The summed E-state index contributed by atoms with van der Waals surface area (Å²) in [7, 11) is 0. The van der Waals surface area contributed by atoms with Gasteiger partial charge in [0.1, 0.15) is 5.69 Å². The third-order valence-corrected chi connectivity index (χ3v) is 6.76. The zero-order valence-electron chi connectivity index (χ0n) is 18.5. The van der Waals surface area contributed by atoms with E-state index in [1.54, 1.807) is 39.1 Å². The molecule has 1 aliphatic rings. The van der Waals surface area contributed by atoms with Crippen LogP contribution in [0.15, 0.2) is 73.2 Å². The quantitative estimate of drug-likeness (QED) is 0.314. The second-order valence-electron chi connectivity index (χ2n) is 7.89. The molecule has 0 atom stereocenters. The Bertz CT molecular complexity index is 1380. The topological polar surface area (TPSA) is 114 Å². The van der Waals surface area contributed by atoms with E-state index in [-0.39, 0.29) is 16.8 Å². The van der Waals surface area contributed by atoms with Gasteiger partial charge in [-0.05, 0) is 30.3 Å². The number of benzene rings is 1. The normalized spacial score (nSPS) is 13.6. The van der Waals surface area contributed by atoms with Crippen LogP contribution >= 0.6 is 11.3 Å². The van der Waals surface area contributed by atoms with Crippen LogP contribution in [0, 0.1) is 10.1 Å². The van der Waals surface area contributed by atoms with Crippen LogP contribution in [0.25, 0.3) is 16.9 Å². The van der Waals surface area contributed by atoms with Crippen molar-refractivity contribution in [3.63, 3.8) is 0 Å². The summed E-state index contributed by atoms with van der Waals surface area (Å²) in [4.78, 5) is 44.5. The first-order valence-electron chi connectivity index (χ1n) is 10.9. The standard InChI is InChI=1S/C24H20N6O4S/c31-23(27-11-13-28(14-12-27)24(32)20-8-9-21(35-20)30(33)34)19-16-29(18-6-2-1-3-7-18)26-22(19)17-5-4-10-25-15-17/h1-10,15-16H,11-14H2. The molecule has 2 amide bonds. The van der Waals surface area contributed by atoms with Gasteiger partial charge in [-0.15, -0.1) is 0 Å². The van der Waals surface area contributed by atoms with E-state index in [0.717, 1.165) is 22.6 Å². The van der Waals surface area contributed by atoms with Crippen molar-refractivity contribution in [3.8, 4) is 16.9 Å². The largest absolute Gasteiger partial charge is 0.335 e. The highest BCUT2D eigenvalue weighted by Gasteiger charge is 2.29. The SMILES string of the molecule is O=C(c1ccc([N+](=O)[O-])s1)N1CCN(C(=O)c2cn(-c3ccccc3)nc2-c2cccnc2)CC1. The molecule has 0 spiro atoms. The van der Waals surface area contributed by atoms with E-state index < -0.39 is 4.92 Å². The van der Waals surface area contributed by atoms with Crippen molar-refractivity contribution < 1.29 is 14.5 Å². The molecule has 35 heavy (non-hydrogen) atoms. The van der Waals surface area contributed by atoms with Gasteiger partial charge in [0.15, 0.2) is 0 Å². The molecule has 3 aromatic heterocycles. The summed E-state index contributed by atoms with van der Waals surface area (Å²) in [5.41, 5.74) is 2.56. The lowest BCUT2D eigenvalue weighted by Crippen LogP contribution is -2.50. The van der Waals surface area contributed by atoms with Crippen LogP contribution in [0.5, 0.6) is 0 Å². The molecule has 0 radical (unpaired) electrons. The van der Waals surface area contributed by atoms with Crippen molar-refractivity contribution in [1.29, 1.82) is 0 Å². The van der Waals surface area contributed by atoms with E-state index in [1.165, 1.54) is 12.1 Å². The average Bonchev–Trinajstić information content (AvgIpc) is 3.58. The van der Waals surface area contributed by atoms with Crippen molar-refractivity contribution in [3.05, 3.63) is 93.7 Å². The predicted octanol–water partition coefficient (Wildman–Crippen LogP) is 3.50. The molecule has 0 unspecified atom stereocenters. The Morgan fingerprint density at radius 2 is 1.63 bits per heavy atom. The van der Waals surface area contributed by atoms with Gasteiger partial charge in [-0.2, -0.15) is 5.10 Å². The Morgan fingerprint density at radius 3 is 2.26 bits per heavy atom. The van der Waals surface area contributed by atoms with Gasteiger partial charge >= 0.3 is 5.00 Å². The first kappa shape index (κ1) is 22.4. The van der Waals surface area contributed by atoms with Crippen LogP contribution in [0.4, 0.5) is 5.00 Å². The highest BCUT2D eigenvalue weighted by Crippen LogP contribution is 2.27. The molecule has 1 aliphatic heterocycles. The number of thiophene rings is 1. The molecule has 0 saturated carbocycles. The Hall–Kier alpha value is -4.38. The maximum Gasteiger partial charge on any atom is 0.324 e. The summed E-state index contributed by atoms with van der Waals surface area (Å²) in [5.74, 6) is -0.437. The second-order valence-corrected chi connectivity index (χ2v) is 8.95. The molecule has 4 heterocycles. The van der Waals surface area contributed by atoms with Crippen LogP contribution in [0.2, 0.25) is 0 Å². The highest BCUT2D eigenvalue weighted by atomic mass is 32.1. The number of piperazine rings is 1. The molecule has 11 heteroatoms. The Morgan fingerprint density at radius 1 is 0.914 bits per heavy atom. The van der Waals surface area contributed by atoms with Crippen molar-refractivity contribution in [2.75, 3.05) is 26.2 Å². The first-order chi connectivity index (χ1) is 17.0. The lowest BCUT2D eigenvalue weighted by atomic mass is 10.1. The molecule has 1 fully saturated rings. The molecule has 4 aromatic rings. The van der Waals surface area contributed by atoms with Crippen molar-refractivity contribution in [2.45, 2.75) is 0 Å². The lowest BCUT2D eigenvalue weighted by molar-refractivity contribution is -0.380. The predicted molar refractivity (Wildman–Crippen MR) is 130 cm³/mol. The molecule has 1 saturated heterocycles. The van der Waals surface area contributed by atoms with Crippen LogP contribution in [-0.2, 0) is 0 Å². The summed E-state index contributed by atoms with van der Waals surface area (Å²) in [6.45, 7) is 1.37. The maximum absolute atomic E-state index is 13.5. The van der Waals surface area contributed by atoms with Crippen molar-refractivity contribution in [2.24, 2.45) is 0 Å². The molecule has 0 N–H and O–H groups in total. The minimum Gasteiger partial charge on any atom is -0.335 e. The number of pyridine rings is 1. The molecule has 10 nitrogen and oxygen atoms in total. The average molecular weight is 489 g/mol. The summed E-state index contributed by atoms with van der Waals surface area (Å²) in [6, 6.07) is 16.0. The number of hydrogen-bond donors (Lipinski definition) is 0. The first-order valence-corrected chi connectivity index (χ1v) is 11.7. The Labute approximate surface area is 204 Å². The van der Waals surface area contributed by atoms with E-state index >= 15 is 0 Å². The molecule has 0 bridgehead atoms. The number of carbonyl (C=O) groups is 2. The van der Waals surface area contributed by atoms with E-state index in [4.69, 9.17) is 0 Å². The maximum atomic E-state index is 13.5. The van der Waals surface area contributed by atoms with Gasteiger partial charge in [-0.1, -0.05) is 29.5 Å². The number of amides is 2. The number of para-hydroxylation sites is 1. The fraction of sp³-hybridized carbons (Fsp3) is 0.167. The molecular formula is C24H20N6O4S. The highest BCUT2D eigenvalue weighted by molar-refractivity contribution is 7.17. The summed E-state index contributed by atoms with van der Waals surface area (Å²) in [6.07, 6.45) is 5.06. The summed E-state index contributed by atoms with van der Waals surface area (Å²) in [5, 5.41) is 15.5. The number of aromatic nitrogens is 3. The lowest BCUT2D eigenvalue weighted by Gasteiger charge is -2.34. The van der Waals surface area contributed by atoms with Gasteiger partial charge in [-0.3, -0.25) is 24.7 Å². The number of hydrogen-bond acceptors (Lipinski definition) is 7. The Balaban J connectivity index is 1.35. The minimum atomic E-state index is -0.506. The summed E-state index contributed by atoms with van der Waals surface area (Å²) >= 11 is 0.859. The van der Waals surface area contributed by atoms with Gasteiger partial charge in [0.05, 0.1) is 21.1 Å². The fourth-order valence-corrected chi connectivity index (χ4v) is 4.73. The molecule has 1 aromatic carbocycles. The van der Waals surface area contributed by atoms with Crippen LogP contribution in [0.3, 0.4) is 0 Å². The van der Waals surface area contributed by atoms with E-state index in [2.05, 4.69) is 10.1 Å². The molecule has 5 rings (SSSR count). The molecule has 176 valence electrons.